The zero-order valence-corrected chi connectivity index (χ0v) is 12.3. The van der Waals surface area contributed by atoms with E-state index in [1.807, 2.05) is 16.0 Å². The number of fused-ring (bicyclic) bond motifs is 1. The van der Waals surface area contributed by atoms with Crippen LogP contribution in [-0.2, 0) is 0 Å². The Morgan fingerprint density at radius 2 is 2.21 bits per heavy atom. The standard InChI is InChI=1S/C13H18N4OS/c1-13(2)9-16(5-4-15(13)3)11-10(8-18)17-6-7-19-12(17)14-11/h6-8H,4-5,9H2,1-3H3. The van der Waals surface area contributed by atoms with Crippen LogP contribution in [0.25, 0.3) is 4.96 Å². The molecule has 3 heterocycles. The molecule has 0 spiro atoms. The van der Waals surface area contributed by atoms with Gasteiger partial charge in [0.05, 0.1) is 0 Å². The average Bonchev–Trinajstić information content (AvgIpc) is 2.92. The van der Waals surface area contributed by atoms with Gasteiger partial charge >= 0.3 is 0 Å². The number of likely N-dealkylation sites (N-methyl/N-ethyl adjacent to an activating group) is 1. The van der Waals surface area contributed by atoms with Crippen LogP contribution in [-0.4, -0.2) is 52.8 Å². The van der Waals surface area contributed by atoms with Crippen molar-refractivity contribution in [2.75, 3.05) is 31.6 Å². The molecule has 0 aliphatic carbocycles. The van der Waals surface area contributed by atoms with Crippen LogP contribution in [0.5, 0.6) is 0 Å². The number of rotatable bonds is 2. The van der Waals surface area contributed by atoms with E-state index in [2.05, 4.69) is 35.7 Å². The van der Waals surface area contributed by atoms with E-state index < -0.39 is 0 Å². The van der Waals surface area contributed by atoms with Gasteiger partial charge in [-0.1, -0.05) is 0 Å². The van der Waals surface area contributed by atoms with Crippen molar-refractivity contribution >= 4 is 28.4 Å². The molecule has 0 saturated carbocycles. The van der Waals surface area contributed by atoms with E-state index in [0.717, 1.165) is 36.7 Å². The predicted octanol–water partition coefficient (Wildman–Crippen LogP) is 1.74. The van der Waals surface area contributed by atoms with E-state index in [0.29, 0.717) is 5.69 Å². The lowest BCUT2D eigenvalue weighted by Gasteiger charge is -2.45. The third kappa shape index (κ3) is 1.95. The van der Waals surface area contributed by atoms with Gasteiger partial charge in [0.1, 0.15) is 5.69 Å². The molecule has 0 N–H and O–H groups in total. The molecule has 0 atom stereocenters. The fraction of sp³-hybridized carbons (Fsp3) is 0.538. The van der Waals surface area contributed by atoms with Gasteiger partial charge in [-0.05, 0) is 20.9 Å². The summed E-state index contributed by atoms with van der Waals surface area (Å²) in [6, 6.07) is 0. The maximum absolute atomic E-state index is 11.4. The quantitative estimate of drug-likeness (QED) is 0.785. The highest BCUT2D eigenvalue weighted by Gasteiger charge is 2.33. The molecule has 3 rings (SSSR count). The molecule has 0 amide bonds. The van der Waals surface area contributed by atoms with Crippen molar-refractivity contribution in [3.63, 3.8) is 0 Å². The van der Waals surface area contributed by atoms with E-state index in [1.54, 1.807) is 11.3 Å². The molecule has 1 fully saturated rings. The molecule has 0 aromatic carbocycles. The van der Waals surface area contributed by atoms with Crippen molar-refractivity contribution in [1.29, 1.82) is 0 Å². The highest BCUT2D eigenvalue weighted by atomic mass is 32.1. The van der Waals surface area contributed by atoms with E-state index >= 15 is 0 Å². The minimum Gasteiger partial charge on any atom is -0.352 e. The highest BCUT2D eigenvalue weighted by Crippen LogP contribution is 2.28. The first-order chi connectivity index (χ1) is 9.03. The fourth-order valence-corrected chi connectivity index (χ4v) is 3.27. The van der Waals surface area contributed by atoms with E-state index in [-0.39, 0.29) is 5.54 Å². The Balaban J connectivity index is 2.00. The van der Waals surface area contributed by atoms with Crippen LogP contribution in [0.4, 0.5) is 5.82 Å². The Morgan fingerprint density at radius 1 is 1.42 bits per heavy atom. The molecule has 0 bridgehead atoms. The molecule has 6 heteroatoms. The van der Waals surface area contributed by atoms with E-state index in [9.17, 15) is 4.79 Å². The van der Waals surface area contributed by atoms with Gasteiger partial charge < -0.3 is 4.90 Å². The smallest absolute Gasteiger partial charge is 0.196 e. The second-order valence-electron chi connectivity index (χ2n) is 5.65. The topological polar surface area (TPSA) is 40.9 Å². The molecule has 1 saturated heterocycles. The van der Waals surface area contributed by atoms with Gasteiger partial charge in [-0.25, -0.2) is 4.98 Å². The van der Waals surface area contributed by atoms with Gasteiger partial charge in [0, 0.05) is 36.8 Å². The van der Waals surface area contributed by atoms with Gasteiger partial charge in [0.25, 0.3) is 0 Å². The summed E-state index contributed by atoms with van der Waals surface area (Å²) in [5.41, 5.74) is 0.756. The lowest BCUT2D eigenvalue weighted by molar-refractivity contribution is 0.111. The molecule has 1 aliphatic rings. The molecule has 0 radical (unpaired) electrons. The van der Waals surface area contributed by atoms with Gasteiger partial charge in [-0.3, -0.25) is 14.1 Å². The Bertz CT molecular complexity index is 615. The molecule has 0 unspecified atom stereocenters. The zero-order valence-electron chi connectivity index (χ0n) is 11.5. The molecule has 102 valence electrons. The Hall–Kier alpha value is -1.40. The number of carbonyl (C=O) groups excluding carboxylic acids is 1. The Morgan fingerprint density at radius 3 is 2.89 bits per heavy atom. The highest BCUT2D eigenvalue weighted by molar-refractivity contribution is 7.15. The summed E-state index contributed by atoms with van der Waals surface area (Å²) in [4.78, 5) is 21.4. The number of aldehydes is 1. The van der Waals surface area contributed by atoms with E-state index in [4.69, 9.17) is 0 Å². The first-order valence-corrected chi connectivity index (χ1v) is 7.28. The third-order valence-electron chi connectivity index (χ3n) is 4.01. The van der Waals surface area contributed by atoms with Crippen molar-refractivity contribution in [1.82, 2.24) is 14.3 Å². The number of piperazine rings is 1. The van der Waals surface area contributed by atoms with Crippen molar-refractivity contribution in [3.8, 4) is 0 Å². The summed E-state index contributed by atoms with van der Waals surface area (Å²) in [5, 5.41) is 1.95. The van der Waals surface area contributed by atoms with Crippen molar-refractivity contribution in [2.24, 2.45) is 0 Å². The van der Waals surface area contributed by atoms with Crippen LogP contribution in [0.3, 0.4) is 0 Å². The fourth-order valence-electron chi connectivity index (χ4n) is 2.56. The maximum Gasteiger partial charge on any atom is 0.196 e. The summed E-state index contributed by atoms with van der Waals surface area (Å²) in [6.07, 6.45) is 2.81. The van der Waals surface area contributed by atoms with Crippen LogP contribution in [0.15, 0.2) is 11.6 Å². The number of hydrogen-bond acceptors (Lipinski definition) is 5. The summed E-state index contributed by atoms with van der Waals surface area (Å²) in [7, 11) is 2.14. The zero-order chi connectivity index (χ0) is 13.6. The first-order valence-electron chi connectivity index (χ1n) is 6.40. The van der Waals surface area contributed by atoms with E-state index in [1.165, 1.54) is 0 Å². The second-order valence-corrected chi connectivity index (χ2v) is 6.52. The third-order valence-corrected chi connectivity index (χ3v) is 4.76. The molecule has 1 aliphatic heterocycles. The number of hydrogen-bond donors (Lipinski definition) is 0. The van der Waals surface area contributed by atoms with Crippen LogP contribution in [0.2, 0.25) is 0 Å². The minimum absolute atomic E-state index is 0.0927. The van der Waals surface area contributed by atoms with Gasteiger partial charge in [-0.15, -0.1) is 11.3 Å². The first kappa shape index (κ1) is 12.6. The van der Waals surface area contributed by atoms with Gasteiger partial charge in [0.2, 0.25) is 0 Å². The Labute approximate surface area is 116 Å². The predicted molar refractivity (Wildman–Crippen MR) is 77.4 cm³/mol. The average molecular weight is 278 g/mol. The SMILES string of the molecule is CN1CCN(c2nc3sccn3c2C=O)CC1(C)C. The second kappa shape index (κ2) is 4.31. The number of imidazole rings is 1. The number of nitrogens with zero attached hydrogens (tertiary/aromatic N) is 4. The number of carbonyl (C=O) groups is 1. The van der Waals surface area contributed by atoms with Gasteiger partial charge in [0.15, 0.2) is 17.1 Å². The lowest BCUT2D eigenvalue weighted by atomic mass is 10.00. The summed E-state index contributed by atoms with van der Waals surface area (Å²) in [6.45, 7) is 7.22. The monoisotopic (exact) mass is 278 g/mol. The molecular formula is C13H18N4OS. The summed E-state index contributed by atoms with van der Waals surface area (Å²) in [5.74, 6) is 0.822. The van der Waals surface area contributed by atoms with Crippen LogP contribution in [0.1, 0.15) is 24.3 Å². The number of aromatic nitrogens is 2. The Kier molecular flexibility index (Phi) is 2.87. The van der Waals surface area contributed by atoms with Crippen molar-refractivity contribution < 1.29 is 4.79 Å². The lowest BCUT2D eigenvalue weighted by Crippen LogP contribution is -2.58. The molecule has 2 aromatic heterocycles. The van der Waals surface area contributed by atoms with Crippen LogP contribution in [0, 0.1) is 0 Å². The molecule has 2 aromatic rings. The number of anilines is 1. The van der Waals surface area contributed by atoms with Crippen LogP contribution >= 0.6 is 11.3 Å². The molecule has 19 heavy (non-hydrogen) atoms. The van der Waals surface area contributed by atoms with Crippen molar-refractivity contribution in [3.05, 3.63) is 17.3 Å². The number of thiazole rings is 1. The molecular weight excluding hydrogens is 260 g/mol. The maximum atomic E-state index is 11.4. The minimum atomic E-state index is 0.0927. The van der Waals surface area contributed by atoms with Gasteiger partial charge in [-0.2, -0.15) is 0 Å². The largest absolute Gasteiger partial charge is 0.352 e. The normalized spacial score (nSPS) is 20.1. The van der Waals surface area contributed by atoms with Crippen molar-refractivity contribution in [2.45, 2.75) is 19.4 Å². The molecule has 5 nitrogen and oxygen atoms in total. The summed E-state index contributed by atoms with van der Waals surface area (Å²) >= 11 is 1.56. The summed E-state index contributed by atoms with van der Waals surface area (Å²) < 4.78 is 1.87. The van der Waals surface area contributed by atoms with Crippen LogP contribution < -0.4 is 4.90 Å².